The maximum atomic E-state index is 5.75. The van der Waals surface area contributed by atoms with Crippen LogP contribution in [0.2, 0.25) is 0 Å². The summed E-state index contributed by atoms with van der Waals surface area (Å²) in [5, 5.41) is 3.97. The molecule has 1 saturated carbocycles. The summed E-state index contributed by atoms with van der Waals surface area (Å²) in [6.07, 6.45) is 5.58. The van der Waals surface area contributed by atoms with Gasteiger partial charge in [0.2, 0.25) is 11.7 Å². The smallest absolute Gasteiger partial charge is 0.223 e. The first-order valence-corrected chi connectivity index (χ1v) is 6.95. The van der Waals surface area contributed by atoms with Gasteiger partial charge in [0.05, 0.1) is 6.61 Å². The molecular weight excluding hydrogens is 230 g/mol. The molecule has 2 heterocycles. The van der Waals surface area contributed by atoms with Crippen LogP contribution in [0.15, 0.2) is 4.52 Å². The molecular formula is C13H21N3O2. The number of ether oxygens (including phenoxy) is 1. The Balaban J connectivity index is 1.57. The number of aromatic nitrogens is 2. The van der Waals surface area contributed by atoms with Crippen LogP contribution in [-0.2, 0) is 4.74 Å². The number of nitrogens with zero attached hydrogens (tertiary/aromatic N) is 3. The van der Waals surface area contributed by atoms with Gasteiger partial charge < -0.3 is 9.26 Å². The van der Waals surface area contributed by atoms with E-state index in [-0.39, 0.29) is 6.10 Å². The van der Waals surface area contributed by atoms with E-state index in [1.807, 2.05) is 6.92 Å². The van der Waals surface area contributed by atoms with Crippen LogP contribution in [0, 0.1) is 12.8 Å². The molecule has 100 valence electrons. The Bertz CT molecular complexity index is 387. The van der Waals surface area contributed by atoms with Gasteiger partial charge in [-0.3, -0.25) is 4.90 Å². The van der Waals surface area contributed by atoms with Gasteiger partial charge in [-0.05, 0) is 18.8 Å². The Kier molecular flexibility index (Phi) is 3.61. The van der Waals surface area contributed by atoms with E-state index in [2.05, 4.69) is 15.0 Å². The van der Waals surface area contributed by atoms with Gasteiger partial charge in [-0.15, -0.1) is 0 Å². The van der Waals surface area contributed by atoms with E-state index >= 15 is 0 Å². The highest BCUT2D eigenvalue weighted by atomic mass is 16.5. The second-order valence-corrected chi connectivity index (χ2v) is 5.44. The van der Waals surface area contributed by atoms with Crippen LogP contribution in [0.1, 0.15) is 43.5 Å². The van der Waals surface area contributed by atoms with Crippen molar-refractivity contribution in [2.45, 2.75) is 38.7 Å². The summed E-state index contributed by atoms with van der Waals surface area (Å²) in [6, 6.07) is 0. The number of hydrogen-bond donors (Lipinski definition) is 0. The first-order chi connectivity index (χ1) is 8.81. The molecule has 2 fully saturated rings. The molecule has 0 amide bonds. The number of rotatable bonds is 3. The van der Waals surface area contributed by atoms with Gasteiger partial charge in [0.25, 0.3) is 0 Å². The van der Waals surface area contributed by atoms with Gasteiger partial charge in [-0.2, -0.15) is 4.98 Å². The third kappa shape index (κ3) is 2.72. The van der Waals surface area contributed by atoms with E-state index < -0.39 is 0 Å². The summed E-state index contributed by atoms with van der Waals surface area (Å²) < 4.78 is 10.8. The molecule has 5 nitrogen and oxygen atoms in total. The maximum Gasteiger partial charge on any atom is 0.223 e. The highest BCUT2D eigenvalue weighted by Gasteiger charge is 2.27. The maximum absolute atomic E-state index is 5.75. The summed E-state index contributed by atoms with van der Waals surface area (Å²) in [4.78, 5) is 6.77. The summed E-state index contributed by atoms with van der Waals surface area (Å²) in [6.45, 7) is 5.72. The van der Waals surface area contributed by atoms with E-state index in [0.29, 0.717) is 11.7 Å². The Morgan fingerprint density at radius 3 is 2.89 bits per heavy atom. The number of morpholine rings is 1. The number of aryl methyl sites for hydroxylation is 1. The van der Waals surface area contributed by atoms with Crippen molar-refractivity contribution in [2.75, 3.05) is 26.2 Å². The number of hydrogen-bond acceptors (Lipinski definition) is 5. The molecule has 1 aromatic rings. The minimum Gasteiger partial charge on any atom is -0.367 e. The molecule has 0 bridgehead atoms. The second-order valence-electron chi connectivity index (χ2n) is 5.44. The lowest BCUT2D eigenvalue weighted by Crippen LogP contribution is -2.40. The summed E-state index contributed by atoms with van der Waals surface area (Å²) in [7, 11) is 0. The van der Waals surface area contributed by atoms with Crippen LogP contribution in [0.3, 0.4) is 0 Å². The van der Waals surface area contributed by atoms with Gasteiger partial charge in [0, 0.05) is 26.6 Å². The SMILES string of the molecule is Cc1nc([C@H]2CN(CC3CCCC3)CCO2)no1. The average molecular weight is 251 g/mol. The molecule has 5 heteroatoms. The molecule has 1 aliphatic heterocycles. The largest absolute Gasteiger partial charge is 0.367 e. The Labute approximate surface area is 107 Å². The van der Waals surface area contributed by atoms with Crippen molar-refractivity contribution < 1.29 is 9.26 Å². The molecule has 0 aromatic carbocycles. The van der Waals surface area contributed by atoms with Crippen molar-refractivity contribution >= 4 is 0 Å². The van der Waals surface area contributed by atoms with Crippen molar-refractivity contribution in [3.8, 4) is 0 Å². The molecule has 0 spiro atoms. The lowest BCUT2D eigenvalue weighted by atomic mass is 10.1. The standard InChI is InChI=1S/C13H21N3O2/c1-10-14-13(15-18-10)12-9-16(6-7-17-12)8-11-4-2-3-5-11/h11-12H,2-9H2,1H3/t12-/m1/s1. The minimum atomic E-state index is -0.0161. The zero-order valence-electron chi connectivity index (χ0n) is 11.0. The lowest BCUT2D eigenvalue weighted by molar-refractivity contribution is -0.0393. The van der Waals surface area contributed by atoms with Crippen LogP contribution in [0.25, 0.3) is 0 Å². The topological polar surface area (TPSA) is 51.4 Å². The fraction of sp³-hybridized carbons (Fsp3) is 0.846. The second kappa shape index (κ2) is 5.36. The lowest BCUT2D eigenvalue weighted by Gasteiger charge is -2.33. The summed E-state index contributed by atoms with van der Waals surface area (Å²) in [5.41, 5.74) is 0. The molecule has 3 rings (SSSR count). The zero-order chi connectivity index (χ0) is 12.4. The molecule has 0 unspecified atom stereocenters. The van der Waals surface area contributed by atoms with E-state index in [9.17, 15) is 0 Å². The van der Waals surface area contributed by atoms with Crippen molar-refractivity contribution in [2.24, 2.45) is 5.92 Å². The normalized spacial score (nSPS) is 26.8. The van der Waals surface area contributed by atoms with E-state index in [0.717, 1.165) is 25.6 Å². The summed E-state index contributed by atoms with van der Waals surface area (Å²) >= 11 is 0. The van der Waals surface area contributed by atoms with Gasteiger partial charge >= 0.3 is 0 Å². The van der Waals surface area contributed by atoms with Crippen molar-refractivity contribution in [3.63, 3.8) is 0 Å². The van der Waals surface area contributed by atoms with Gasteiger partial charge in [-0.25, -0.2) is 0 Å². The van der Waals surface area contributed by atoms with Gasteiger partial charge in [0.1, 0.15) is 6.10 Å². The third-order valence-corrected chi connectivity index (χ3v) is 3.97. The zero-order valence-corrected chi connectivity index (χ0v) is 11.0. The van der Waals surface area contributed by atoms with E-state index in [4.69, 9.17) is 9.26 Å². The third-order valence-electron chi connectivity index (χ3n) is 3.97. The molecule has 1 aliphatic carbocycles. The molecule has 18 heavy (non-hydrogen) atoms. The Hall–Kier alpha value is -0.940. The molecule has 1 atom stereocenters. The molecule has 1 saturated heterocycles. The molecule has 2 aliphatic rings. The van der Waals surface area contributed by atoms with E-state index in [1.54, 1.807) is 0 Å². The first-order valence-electron chi connectivity index (χ1n) is 6.95. The Morgan fingerprint density at radius 2 is 2.17 bits per heavy atom. The van der Waals surface area contributed by atoms with Crippen molar-refractivity contribution in [3.05, 3.63) is 11.7 Å². The van der Waals surface area contributed by atoms with Gasteiger partial charge in [-0.1, -0.05) is 18.0 Å². The monoisotopic (exact) mass is 251 g/mol. The highest BCUT2D eigenvalue weighted by molar-refractivity contribution is 4.93. The highest BCUT2D eigenvalue weighted by Crippen LogP contribution is 2.27. The average Bonchev–Trinajstić information content (AvgIpc) is 3.01. The van der Waals surface area contributed by atoms with Gasteiger partial charge in [0.15, 0.2) is 0 Å². The van der Waals surface area contributed by atoms with Crippen molar-refractivity contribution in [1.82, 2.24) is 15.0 Å². The Morgan fingerprint density at radius 1 is 1.33 bits per heavy atom. The van der Waals surface area contributed by atoms with Crippen LogP contribution in [0.5, 0.6) is 0 Å². The molecule has 0 N–H and O–H groups in total. The van der Waals surface area contributed by atoms with E-state index in [1.165, 1.54) is 32.2 Å². The molecule has 0 radical (unpaired) electrons. The minimum absolute atomic E-state index is 0.0161. The first kappa shape index (κ1) is 12.1. The van der Waals surface area contributed by atoms with Crippen LogP contribution < -0.4 is 0 Å². The fourth-order valence-corrected chi connectivity index (χ4v) is 3.03. The van der Waals surface area contributed by atoms with Crippen LogP contribution in [0.4, 0.5) is 0 Å². The summed E-state index contributed by atoms with van der Waals surface area (Å²) in [5.74, 6) is 2.20. The quantitative estimate of drug-likeness (QED) is 0.821. The van der Waals surface area contributed by atoms with Crippen LogP contribution >= 0.6 is 0 Å². The molecule has 1 aromatic heterocycles. The van der Waals surface area contributed by atoms with Crippen LogP contribution in [-0.4, -0.2) is 41.3 Å². The predicted octanol–water partition coefficient (Wildman–Crippen LogP) is 1.94. The predicted molar refractivity (Wildman–Crippen MR) is 66.1 cm³/mol. The van der Waals surface area contributed by atoms with Crippen molar-refractivity contribution in [1.29, 1.82) is 0 Å². The fourth-order valence-electron chi connectivity index (χ4n) is 3.03.